The van der Waals surface area contributed by atoms with Crippen molar-refractivity contribution in [3.63, 3.8) is 0 Å². The Morgan fingerprint density at radius 1 is 1.33 bits per heavy atom. The first-order valence-electron chi connectivity index (χ1n) is 5.56. The van der Waals surface area contributed by atoms with E-state index in [0.29, 0.717) is 19.0 Å². The summed E-state index contributed by atoms with van der Waals surface area (Å²) in [6.07, 6.45) is 6.32. The number of carbonyl (C=O) groups is 1. The monoisotopic (exact) mass is 212 g/mol. The maximum Gasteiger partial charge on any atom is 0.221 e. The summed E-state index contributed by atoms with van der Waals surface area (Å²) in [7, 11) is 0. The van der Waals surface area contributed by atoms with Crippen LogP contribution in [-0.2, 0) is 4.79 Å². The Labute approximate surface area is 90.3 Å². The van der Waals surface area contributed by atoms with Crippen LogP contribution >= 0.6 is 0 Å². The minimum absolute atomic E-state index is 0.0515. The number of amides is 1. The van der Waals surface area contributed by atoms with Gasteiger partial charge in [0.15, 0.2) is 5.96 Å². The van der Waals surface area contributed by atoms with E-state index in [1.165, 1.54) is 19.3 Å². The van der Waals surface area contributed by atoms with E-state index in [1.807, 2.05) is 0 Å². The van der Waals surface area contributed by atoms with Gasteiger partial charge in [0, 0.05) is 19.0 Å². The molecule has 15 heavy (non-hydrogen) atoms. The zero-order valence-corrected chi connectivity index (χ0v) is 9.01. The summed E-state index contributed by atoms with van der Waals surface area (Å²) in [4.78, 5) is 11.4. The molecular formula is C10H20N4O. The fraction of sp³-hybridized carbons (Fsp3) is 0.800. The fourth-order valence-electron chi connectivity index (χ4n) is 1.86. The molecule has 1 aliphatic rings. The minimum Gasteiger partial charge on any atom is -0.370 e. The Bertz CT molecular complexity index is 223. The van der Waals surface area contributed by atoms with Crippen LogP contribution < -0.4 is 16.4 Å². The Balaban J connectivity index is 2.09. The molecule has 86 valence electrons. The molecule has 1 fully saturated rings. The Kier molecular flexibility index (Phi) is 4.93. The predicted octanol–water partition coefficient (Wildman–Crippen LogP) is 0.308. The maximum atomic E-state index is 11.4. The third-order valence-corrected chi connectivity index (χ3v) is 2.64. The second kappa shape index (κ2) is 6.27. The first-order valence-corrected chi connectivity index (χ1v) is 5.56. The van der Waals surface area contributed by atoms with Gasteiger partial charge < -0.3 is 16.4 Å². The molecule has 1 amide bonds. The Morgan fingerprint density at radius 2 is 2.00 bits per heavy atom. The van der Waals surface area contributed by atoms with E-state index < -0.39 is 0 Å². The van der Waals surface area contributed by atoms with E-state index in [9.17, 15) is 4.79 Å². The summed E-state index contributed by atoms with van der Waals surface area (Å²) in [6, 6.07) is 0.364. The van der Waals surface area contributed by atoms with Crippen molar-refractivity contribution in [1.29, 1.82) is 5.41 Å². The molecule has 0 aromatic heterocycles. The summed E-state index contributed by atoms with van der Waals surface area (Å²) >= 11 is 0. The number of hydrogen-bond donors (Lipinski definition) is 4. The molecule has 0 aromatic carbocycles. The van der Waals surface area contributed by atoms with Crippen molar-refractivity contribution in [1.82, 2.24) is 10.6 Å². The highest BCUT2D eigenvalue weighted by atomic mass is 16.1. The lowest BCUT2D eigenvalue weighted by Gasteiger charge is -2.22. The summed E-state index contributed by atoms with van der Waals surface area (Å²) in [5.41, 5.74) is 5.10. The summed E-state index contributed by atoms with van der Waals surface area (Å²) < 4.78 is 0. The molecular weight excluding hydrogens is 192 g/mol. The Morgan fingerprint density at radius 3 is 2.60 bits per heavy atom. The molecule has 1 rings (SSSR count). The van der Waals surface area contributed by atoms with Gasteiger partial charge in [0.05, 0.1) is 0 Å². The fourth-order valence-corrected chi connectivity index (χ4v) is 1.86. The molecule has 5 nitrogen and oxygen atoms in total. The molecule has 0 spiro atoms. The molecule has 0 atom stereocenters. The zero-order valence-electron chi connectivity index (χ0n) is 9.01. The highest BCUT2D eigenvalue weighted by Crippen LogP contribution is 2.17. The minimum atomic E-state index is -0.0829. The van der Waals surface area contributed by atoms with E-state index in [0.717, 1.165) is 12.8 Å². The second-order valence-electron chi connectivity index (χ2n) is 3.99. The Hall–Kier alpha value is -1.26. The first kappa shape index (κ1) is 11.8. The van der Waals surface area contributed by atoms with Crippen LogP contribution in [0.2, 0.25) is 0 Å². The standard InChI is InChI=1S/C10H20N4O/c11-10(12)13-7-6-9(15)14-8-4-2-1-3-5-8/h8H,1-7H2,(H,14,15)(H4,11,12,13). The molecule has 0 unspecified atom stereocenters. The third kappa shape index (κ3) is 5.24. The van der Waals surface area contributed by atoms with Crippen molar-refractivity contribution in [3.8, 4) is 0 Å². The van der Waals surface area contributed by atoms with Gasteiger partial charge in [-0.25, -0.2) is 0 Å². The lowest BCUT2D eigenvalue weighted by atomic mass is 9.95. The summed E-state index contributed by atoms with van der Waals surface area (Å²) in [5, 5.41) is 12.5. The van der Waals surface area contributed by atoms with Crippen molar-refractivity contribution < 1.29 is 4.79 Å². The van der Waals surface area contributed by atoms with Crippen LogP contribution in [0.15, 0.2) is 0 Å². The van der Waals surface area contributed by atoms with Crippen LogP contribution in [-0.4, -0.2) is 24.5 Å². The van der Waals surface area contributed by atoms with E-state index in [4.69, 9.17) is 11.1 Å². The van der Waals surface area contributed by atoms with Crippen LogP contribution in [0.25, 0.3) is 0 Å². The van der Waals surface area contributed by atoms with Gasteiger partial charge in [-0.1, -0.05) is 19.3 Å². The van der Waals surface area contributed by atoms with Gasteiger partial charge in [-0.05, 0) is 12.8 Å². The zero-order chi connectivity index (χ0) is 11.1. The van der Waals surface area contributed by atoms with E-state index >= 15 is 0 Å². The highest BCUT2D eigenvalue weighted by Gasteiger charge is 2.14. The lowest BCUT2D eigenvalue weighted by Crippen LogP contribution is -2.39. The molecule has 0 bridgehead atoms. The number of nitrogens with two attached hydrogens (primary N) is 1. The van der Waals surface area contributed by atoms with Crippen molar-refractivity contribution >= 4 is 11.9 Å². The lowest BCUT2D eigenvalue weighted by molar-refractivity contribution is -0.121. The summed E-state index contributed by atoms with van der Waals surface area (Å²) in [5.74, 6) is -0.0314. The van der Waals surface area contributed by atoms with E-state index in [1.54, 1.807) is 0 Å². The van der Waals surface area contributed by atoms with Gasteiger partial charge in [0.2, 0.25) is 5.91 Å². The number of carbonyl (C=O) groups excluding carboxylic acids is 1. The summed E-state index contributed by atoms with van der Waals surface area (Å²) in [6.45, 7) is 0.438. The quantitative estimate of drug-likeness (QED) is 0.399. The van der Waals surface area contributed by atoms with E-state index in [2.05, 4.69) is 10.6 Å². The van der Waals surface area contributed by atoms with Crippen LogP contribution in [0.5, 0.6) is 0 Å². The molecule has 0 saturated heterocycles. The average molecular weight is 212 g/mol. The molecule has 1 saturated carbocycles. The van der Waals surface area contributed by atoms with Crippen LogP contribution in [0, 0.1) is 5.41 Å². The van der Waals surface area contributed by atoms with E-state index in [-0.39, 0.29) is 11.9 Å². The van der Waals surface area contributed by atoms with Gasteiger partial charge in [-0.2, -0.15) is 0 Å². The van der Waals surface area contributed by atoms with Gasteiger partial charge >= 0.3 is 0 Å². The molecule has 0 aromatic rings. The third-order valence-electron chi connectivity index (χ3n) is 2.64. The normalized spacial score (nSPS) is 17.1. The number of rotatable bonds is 4. The number of guanidine groups is 1. The first-order chi connectivity index (χ1) is 7.18. The molecule has 0 heterocycles. The van der Waals surface area contributed by atoms with Gasteiger partial charge in [0.25, 0.3) is 0 Å². The average Bonchev–Trinajstić information content (AvgIpc) is 2.18. The molecule has 5 heteroatoms. The van der Waals surface area contributed by atoms with Crippen LogP contribution in [0.3, 0.4) is 0 Å². The van der Waals surface area contributed by atoms with Gasteiger partial charge in [0.1, 0.15) is 0 Å². The molecule has 0 radical (unpaired) electrons. The van der Waals surface area contributed by atoms with Gasteiger partial charge in [-0.3, -0.25) is 10.2 Å². The maximum absolute atomic E-state index is 11.4. The second-order valence-corrected chi connectivity index (χ2v) is 3.99. The SMILES string of the molecule is N=C(N)NCCC(=O)NC1CCCCC1. The topological polar surface area (TPSA) is 91.0 Å². The van der Waals surface area contributed by atoms with Crippen molar-refractivity contribution in [3.05, 3.63) is 0 Å². The van der Waals surface area contributed by atoms with Crippen molar-refractivity contribution in [2.75, 3.05) is 6.54 Å². The van der Waals surface area contributed by atoms with Crippen molar-refractivity contribution in [2.24, 2.45) is 5.73 Å². The molecule has 1 aliphatic carbocycles. The van der Waals surface area contributed by atoms with Gasteiger partial charge in [-0.15, -0.1) is 0 Å². The highest BCUT2D eigenvalue weighted by molar-refractivity contribution is 5.78. The van der Waals surface area contributed by atoms with Crippen molar-refractivity contribution in [2.45, 2.75) is 44.6 Å². The molecule has 5 N–H and O–H groups in total. The largest absolute Gasteiger partial charge is 0.370 e. The van der Waals surface area contributed by atoms with Crippen LogP contribution in [0.4, 0.5) is 0 Å². The number of hydrogen-bond acceptors (Lipinski definition) is 2. The number of nitrogens with one attached hydrogen (secondary N) is 3. The van der Waals surface area contributed by atoms with Crippen LogP contribution in [0.1, 0.15) is 38.5 Å². The predicted molar refractivity (Wildman–Crippen MR) is 59.5 cm³/mol. The molecule has 0 aliphatic heterocycles. The smallest absolute Gasteiger partial charge is 0.221 e.